The van der Waals surface area contributed by atoms with E-state index in [-0.39, 0.29) is 5.91 Å². The van der Waals surface area contributed by atoms with Gasteiger partial charge < -0.3 is 10.6 Å². The van der Waals surface area contributed by atoms with Crippen LogP contribution in [0.4, 0.5) is 0 Å². The van der Waals surface area contributed by atoms with Gasteiger partial charge >= 0.3 is 0 Å². The Hall–Kier alpha value is -1.35. The lowest BCUT2D eigenvalue weighted by molar-refractivity contribution is -0.120. The van der Waals surface area contributed by atoms with E-state index in [0.29, 0.717) is 13.1 Å². The number of hydrogen-bond acceptors (Lipinski definition) is 2. The molecule has 3 nitrogen and oxygen atoms in total. The second-order valence-electron chi connectivity index (χ2n) is 3.55. The zero-order chi connectivity index (χ0) is 11.1. The van der Waals surface area contributed by atoms with Crippen molar-refractivity contribution in [1.82, 2.24) is 10.6 Å². The van der Waals surface area contributed by atoms with E-state index in [1.54, 1.807) is 0 Å². The van der Waals surface area contributed by atoms with Crippen LogP contribution < -0.4 is 10.6 Å². The number of carbonyl (C=O) groups excluding carboxylic acids is 1. The number of hydrogen-bond donors (Lipinski definition) is 2. The molecule has 0 aliphatic carbocycles. The highest BCUT2D eigenvalue weighted by atomic mass is 16.1. The van der Waals surface area contributed by atoms with Crippen LogP contribution in [0.2, 0.25) is 0 Å². The van der Waals surface area contributed by atoms with Gasteiger partial charge in [0.15, 0.2) is 0 Å². The van der Waals surface area contributed by atoms with Crippen molar-refractivity contribution in [3.05, 3.63) is 35.4 Å². The highest BCUT2D eigenvalue weighted by Crippen LogP contribution is 2.02. The summed E-state index contributed by atoms with van der Waals surface area (Å²) in [4.78, 5) is 11.3. The lowest BCUT2D eigenvalue weighted by Crippen LogP contribution is -2.33. The molecule has 0 spiro atoms. The van der Waals surface area contributed by atoms with Crippen molar-refractivity contribution in [2.75, 3.05) is 13.1 Å². The first kappa shape index (κ1) is 11.7. The van der Waals surface area contributed by atoms with E-state index < -0.39 is 0 Å². The predicted octanol–water partition coefficient (Wildman–Crippen LogP) is 1.22. The van der Waals surface area contributed by atoms with Crippen molar-refractivity contribution in [3.63, 3.8) is 0 Å². The Balaban J connectivity index is 2.33. The molecule has 0 aromatic heterocycles. The van der Waals surface area contributed by atoms with Gasteiger partial charge in [-0.25, -0.2) is 0 Å². The molecule has 1 aromatic rings. The topological polar surface area (TPSA) is 41.1 Å². The molecule has 0 saturated heterocycles. The lowest BCUT2D eigenvalue weighted by Gasteiger charge is -2.06. The van der Waals surface area contributed by atoms with Gasteiger partial charge in [0.05, 0.1) is 6.54 Å². The van der Waals surface area contributed by atoms with Crippen LogP contribution in [-0.4, -0.2) is 19.0 Å². The van der Waals surface area contributed by atoms with E-state index in [2.05, 4.69) is 16.7 Å². The van der Waals surface area contributed by atoms with Crippen LogP contribution in [-0.2, 0) is 11.3 Å². The van der Waals surface area contributed by atoms with Gasteiger partial charge in [-0.05, 0) is 19.0 Å². The molecular weight excluding hydrogens is 188 g/mol. The quantitative estimate of drug-likeness (QED) is 0.760. The molecule has 82 valence electrons. The number of amides is 1. The van der Waals surface area contributed by atoms with Gasteiger partial charge in [-0.2, -0.15) is 0 Å². The third kappa shape index (κ3) is 4.61. The summed E-state index contributed by atoms with van der Waals surface area (Å²) in [6.07, 6.45) is 0. The van der Waals surface area contributed by atoms with Gasteiger partial charge in [0.2, 0.25) is 5.91 Å². The summed E-state index contributed by atoms with van der Waals surface area (Å²) < 4.78 is 0. The second-order valence-corrected chi connectivity index (χ2v) is 3.55. The monoisotopic (exact) mass is 206 g/mol. The summed E-state index contributed by atoms with van der Waals surface area (Å²) in [5.41, 5.74) is 2.35. The van der Waals surface area contributed by atoms with E-state index in [0.717, 1.165) is 12.1 Å². The van der Waals surface area contributed by atoms with Gasteiger partial charge in [-0.3, -0.25) is 4.79 Å². The van der Waals surface area contributed by atoms with Crippen molar-refractivity contribution in [1.29, 1.82) is 0 Å². The maximum absolute atomic E-state index is 11.3. The maximum atomic E-state index is 11.3. The molecule has 1 amide bonds. The molecule has 0 bridgehead atoms. The number of benzene rings is 1. The first-order valence-corrected chi connectivity index (χ1v) is 5.25. The SMILES string of the molecule is CCNCC(=O)NCc1cccc(C)c1. The van der Waals surface area contributed by atoms with Crippen LogP contribution in [0, 0.1) is 6.92 Å². The zero-order valence-electron chi connectivity index (χ0n) is 9.34. The molecule has 0 heterocycles. The summed E-state index contributed by atoms with van der Waals surface area (Å²) >= 11 is 0. The number of carbonyl (C=O) groups is 1. The maximum Gasteiger partial charge on any atom is 0.234 e. The number of nitrogens with one attached hydrogen (secondary N) is 2. The zero-order valence-corrected chi connectivity index (χ0v) is 9.34. The lowest BCUT2D eigenvalue weighted by atomic mass is 10.1. The molecule has 0 aliphatic rings. The summed E-state index contributed by atoms with van der Waals surface area (Å²) in [7, 11) is 0. The third-order valence-electron chi connectivity index (χ3n) is 2.11. The van der Waals surface area contributed by atoms with Crippen molar-refractivity contribution in [2.45, 2.75) is 20.4 Å². The Bertz CT molecular complexity index is 323. The molecular formula is C12H18N2O. The van der Waals surface area contributed by atoms with Gasteiger partial charge in [0.1, 0.15) is 0 Å². The average molecular weight is 206 g/mol. The van der Waals surface area contributed by atoms with Crippen molar-refractivity contribution < 1.29 is 4.79 Å². The van der Waals surface area contributed by atoms with Gasteiger partial charge in [0.25, 0.3) is 0 Å². The predicted molar refractivity (Wildman–Crippen MR) is 61.6 cm³/mol. The minimum Gasteiger partial charge on any atom is -0.351 e. The van der Waals surface area contributed by atoms with Crippen LogP contribution in [0.5, 0.6) is 0 Å². The van der Waals surface area contributed by atoms with Crippen molar-refractivity contribution in [3.8, 4) is 0 Å². The van der Waals surface area contributed by atoms with E-state index in [1.165, 1.54) is 5.56 Å². The van der Waals surface area contributed by atoms with Gasteiger partial charge in [-0.15, -0.1) is 0 Å². The third-order valence-corrected chi connectivity index (χ3v) is 2.11. The Morgan fingerprint density at radius 3 is 2.87 bits per heavy atom. The molecule has 0 saturated carbocycles. The Labute approximate surface area is 90.9 Å². The van der Waals surface area contributed by atoms with Crippen molar-refractivity contribution >= 4 is 5.91 Å². The molecule has 0 fully saturated rings. The smallest absolute Gasteiger partial charge is 0.234 e. The molecule has 0 atom stereocenters. The molecule has 1 aromatic carbocycles. The largest absolute Gasteiger partial charge is 0.351 e. The molecule has 2 N–H and O–H groups in total. The van der Waals surface area contributed by atoms with Crippen LogP contribution in [0.25, 0.3) is 0 Å². The Morgan fingerprint density at radius 2 is 2.20 bits per heavy atom. The van der Waals surface area contributed by atoms with Gasteiger partial charge in [-0.1, -0.05) is 36.8 Å². The second kappa shape index (κ2) is 6.19. The van der Waals surface area contributed by atoms with Gasteiger partial charge in [0, 0.05) is 6.54 Å². The molecule has 15 heavy (non-hydrogen) atoms. The number of likely N-dealkylation sites (N-methyl/N-ethyl adjacent to an activating group) is 1. The minimum atomic E-state index is 0.0401. The van der Waals surface area contributed by atoms with E-state index >= 15 is 0 Å². The average Bonchev–Trinajstić information content (AvgIpc) is 2.23. The number of rotatable bonds is 5. The van der Waals surface area contributed by atoms with E-state index in [9.17, 15) is 4.79 Å². The summed E-state index contributed by atoms with van der Waals surface area (Å²) in [5, 5.41) is 5.84. The summed E-state index contributed by atoms with van der Waals surface area (Å²) in [5.74, 6) is 0.0401. The fraction of sp³-hybridized carbons (Fsp3) is 0.417. The molecule has 1 rings (SSSR count). The summed E-state index contributed by atoms with van der Waals surface area (Å²) in [6.45, 7) is 5.84. The molecule has 0 aliphatic heterocycles. The molecule has 3 heteroatoms. The Morgan fingerprint density at radius 1 is 1.40 bits per heavy atom. The first-order chi connectivity index (χ1) is 7.22. The number of aryl methyl sites for hydroxylation is 1. The van der Waals surface area contributed by atoms with Crippen LogP contribution in [0.15, 0.2) is 24.3 Å². The highest BCUT2D eigenvalue weighted by molar-refractivity contribution is 5.77. The molecule has 0 radical (unpaired) electrons. The fourth-order valence-electron chi connectivity index (χ4n) is 1.32. The fourth-order valence-corrected chi connectivity index (χ4v) is 1.32. The Kier molecular flexibility index (Phi) is 4.84. The highest BCUT2D eigenvalue weighted by Gasteiger charge is 1.99. The van der Waals surface area contributed by atoms with E-state index in [1.807, 2.05) is 32.0 Å². The minimum absolute atomic E-state index is 0.0401. The summed E-state index contributed by atoms with van der Waals surface area (Å²) in [6, 6.07) is 8.14. The van der Waals surface area contributed by atoms with Crippen molar-refractivity contribution in [2.24, 2.45) is 0 Å². The molecule has 0 unspecified atom stereocenters. The van der Waals surface area contributed by atoms with E-state index in [4.69, 9.17) is 0 Å². The standard InChI is InChI=1S/C12H18N2O/c1-3-13-9-12(15)14-8-11-6-4-5-10(2)7-11/h4-7,13H,3,8-9H2,1-2H3,(H,14,15). The van der Waals surface area contributed by atoms with Crippen LogP contribution in [0.1, 0.15) is 18.1 Å². The van der Waals surface area contributed by atoms with Crippen LogP contribution in [0.3, 0.4) is 0 Å². The first-order valence-electron chi connectivity index (χ1n) is 5.25. The van der Waals surface area contributed by atoms with Crippen LogP contribution >= 0.6 is 0 Å². The normalized spacial score (nSPS) is 10.0.